The lowest BCUT2D eigenvalue weighted by molar-refractivity contribution is -0.138. The Kier molecular flexibility index (Phi) is 6.51. The second-order valence-electron chi connectivity index (χ2n) is 9.00. The predicted molar refractivity (Wildman–Crippen MR) is 135 cm³/mol. The van der Waals surface area contributed by atoms with Crippen molar-refractivity contribution < 1.29 is 22.4 Å². The van der Waals surface area contributed by atoms with Gasteiger partial charge in [0.1, 0.15) is 5.82 Å². The summed E-state index contributed by atoms with van der Waals surface area (Å²) in [5.41, 5.74) is 1.82. The van der Waals surface area contributed by atoms with Crippen LogP contribution in [0, 0.1) is 17.7 Å². The summed E-state index contributed by atoms with van der Waals surface area (Å²) in [6, 6.07) is 19.2. The molecule has 7 heteroatoms. The number of carbonyl (C=O) groups is 1. The molecule has 3 nitrogen and oxygen atoms in total. The Balaban J connectivity index is 1.72. The Morgan fingerprint density at radius 3 is 2.49 bits per heavy atom. The number of hydrogen-bond donors (Lipinski definition) is 0. The van der Waals surface area contributed by atoms with Gasteiger partial charge < -0.3 is 9.47 Å². The molecule has 1 fully saturated rings. The highest BCUT2D eigenvalue weighted by molar-refractivity contribution is 6.00. The van der Waals surface area contributed by atoms with E-state index in [4.69, 9.17) is 0 Å². The topological polar surface area (TPSA) is 25.2 Å². The summed E-state index contributed by atoms with van der Waals surface area (Å²) in [6.07, 6.45) is -3.60. The highest BCUT2D eigenvalue weighted by atomic mass is 19.4. The minimum absolute atomic E-state index is 0.270. The van der Waals surface area contributed by atoms with E-state index < -0.39 is 35.1 Å². The number of rotatable bonds is 4. The van der Waals surface area contributed by atoms with E-state index in [0.717, 1.165) is 33.8 Å². The number of fused-ring (bicyclic) bond motifs is 1. The highest BCUT2D eigenvalue weighted by Gasteiger charge is 2.40. The van der Waals surface area contributed by atoms with Crippen molar-refractivity contribution in [2.24, 2.45) is 0 Å². The van der Waals surface area contributed by atoms with Crippen molar-refractivity contribution in [3.05, 3.63) is 95.4 Å². The van der Waals surface area contributed by atoms with E-state index in [0.29, 0.717) is 31.5 Å². The standard InChI is InChI=1S/C30H24F4N2O/c1-2-3-17-35-25-13-8-7-12-22(25)27(20-10-5-4-6-11-20)28(35)26-14-9-18-36(26)29(37)23-19-21(31)15-16-24(23)30(32,33)34/h4-8,10-13,15-16,19,26H,9,14,17-18H2,1H3. The molecule has 0 bridgehead atoms. The first-order valence-corrected chi connectivity index (χ1v) is 12.0. The van der Waals surface area contributed by atoms with Crippen molar-refractivity contribution in [1.29, 1.82) is 0 Å². The molecule has 0 aliphatic carbocycles. The van der Waals surface area contributed by atoms with E-state index in [1.165, 1.54) is 4.90 Å². The smallest absolute Gasteiger partial charge is 0.330 e. The fraction of sp³-hybridized carbons (Fsp3) is 0.233. The molecule has 1 amide bonds. The lowest BCUT2D eigenvalue weighted by atomic mass is 9.97. The molecule has 0 radical (unpaired) electrons. The van der Waals surface area contributed by atoms with Crippen molar-refractivity contribution in [1.82, 2.24) is 9.47 Å². The van der Waals surface area contributed by atoms with E-state index in [-0.39, 0.29) is 6.54 Å². The van der Waals surface area contributed by atoms with Crippen LogP contribution in [0.3, 0.4) is 0 Å². The third-order valence-electron chi connectivity index (χ3n) is 6.83. The van der Waals surface area contributed by atoms with Crippen LogP contribution in [-0.2, 0) is 12.7 Å². The molecule has 3 aromatic carbocycles. The summed E-state index contributed by atoms with van der Waals surface area (Å²) in [6.45, 7) is 2.38. The molecule has 2 heterocycles. The van der Waals surface area contributed by atoms with Gasteiger partial charge in [0, 0.05) is 23.0 Å². The summed E-state index contributed by atoms with van der Waals surface area (Å²) in [5.74, 6) is 4.32. The van der Waals surface area contributed by atoms with E-state index in [1.54, 1.807) is 6.92 Å². The van der Waals surface area contributed by atoms with Gasteiger partial charge in [-0.05, 0) is 49.6 Å². The van der Waals surface area contributed by atoms with Crippen LogP contribution in [0.2, 0.25) is 0 Å². The molecule has 4 aromatic rings. The average Bonchev–Trinajstić information content (AvgIpc) is 3.49. The number of halogens is 4. The second-order valence-corrected chi connectivity index (χ2v) is 9.00. The quantitative estimate of drug-likeness (QED) is 0.209. The summed E-state index contributed by atoms with van der Waals surface area (Å²) >= 11 is 0. The van der Waals surface area contributed by atoms with Gasteiger partial charge in [0.05, 0.1) is 29.4 Å². The molecule has 1 aliphatic heterocycles. The Morgan fingerprint density at radius 2 is 1.76 bits per heavy atom. The molecular formula is C30H24F4N2O. The first-order chi connectivity index (χ1) is 17.8. The predicted octanol–water partition coefficient (Wildman–Crippen LogP) is 7.47. The second kappa shape index (κ2) is 9.78. The summed E-state index contributed by atoms with van der Waals surface area (Å²) in [4.78, 5) is 15.1. The number of carbonyl (C=O) groups excluding carboxylic acids is 1. The van der Waals surface area contributed by atoms with Crippen molar-refractivity contribution in [2.75, 3.05) is 6.54 Å². The van der Waals surface area contributed by atoms with Crippen LogP contribution in [0.25, 0.3) is 22.0 Å². The van der Waals surface area contributed by atoms with Crippen molar-refractivity contribution in [3.63, 3.8) is 0 Å². The van der Waals surface area contributed by atoms with Gasteiger partial charge in [0.2, 0.25) is 0 Å². The summed E-state index contributed by atoms with van der Waals surface area (Å²) < 4.78 is 57.4. The third-order valence-corrected chi connectivity index (χ3v) is 6.83. The molecule has 1 unspecified atom stereocenters. The third kappa shape index (κ3) is 4.48. The molecule has 0 spiro atoms. The number of nitrogens with zero attached hydrogens (tertiary/aromatic N) is 2. The number of amides is 1. The maximum absolute atomic E-state index is 14.1. The summed E-state index contributed by atoms with van der Waals surface area (Å²) in [5, 5.41) is 0.975. The fourth-order valence-electron chi connectivity index (χ4n) is 5.30. The summed E-state index contributed by atoms with van der Waals surface area (Å²) in [7, 11) is 0. The van der Waals surface area contributed by atoms with E-state index in [2.05, 4.69) is 16.4 Å². The minimum Gasteiger partial charge on any atom is -0.330 e. The van der Waals surface area contributed by atoms with Crippen LogP contribution >= 0.6 is 0 Å². The van der Waals surface area contributed by atoms with E-state index in [1.807, 2.05) is 54.6 Å². The number of alkyl halides is 3. The monoisotopic (exact) mass is 504 g/mol. The molecule has 1 saturated heterocycles. The van der Waals surface area contributed by atoms with Gasteiger partial charge in [0.25, 0.3) is 5.91 Å². The van der Waals surface area contributed by atoms with Crippen molar-refractivity contribution in [3.8, 4) is 23.0 Å². The number of aromatic nitrogens is 1. The minimum atomic E-state index is -4.78. The van der Waals surface area contributed by atoms with Crippen LogP contribution in [0.5, 0.6) is 0 Å². The van der Waals surface area contributed by atoms with Crippen LogP contribution in [0.4, 0.5) is 17.6 Å². The molecule has 1 aliphatic rings. The molecule has 0 saturated carbocycles. The zero-order chi connectivity index (χ0) is 26.2. The van der Waals surface area contributed by atoms with E-state index in [9.17, 15) is 22.4 Å². The van der Waals surface area contributed by atoms with Gasteiger partial charge in [-0.25, -0.2) is 4.39 Å². The average molecular weight is 505 g/mol. The number of hydrogen-bond acceptors (Lipinski definition) is 1. The van der Waals surface area contributed by atoms with Crippen LogP contribution in [0.1, 0.15) is 47.4 Å². The number of likely N-dealkylation sites (tertiary alicyclic amines) is 1. The Morgan fingerprint density at radius 1 is 1.03 bits per heavy atom. The molecule has 1 atom stereocenters. The SMILES string of the molecule is CC#CCn1c(C2CCCN2C(=O)c2cc(F)ccc2C(F)(F)F)c(-c2ccccc2)c2ccccc21. The van der Waals surface area contributed by atoms with Gasteiger partial charge in [-0.2, -0.15) is 13.2 Å². The lowest BCUT2D eigenvalue weighted by Gasteiger charge is -2.28. The van der Waals surface area contributed by atoms with Crippen molar-refractivity contribution >= 4 is 16.8 Å². The molecule has 1 aromatic heterocycles. The Hall–Kier alpha value is -4.05. The number of benzene rings is 3. The molecule has 0 N–H and O–H groups in total. The van der Waals surface area contributed by atoms with Gasteiger partial charge >= 0.3 is 6.18 Å². The van der Waals surface area contributed by atoms with Gasteiger partial charge in [-0.3, -0.25) is 4.79 Å². The number of para-hydroxylation sites is 1. The van der Waals surface area contributed by atoms with Crippen molar-refractivity contribution in [2.45, 2.75) is 38.5 Å². The molecule has 5 rings (SSSR count). The first-order valence-electron chi connectivity index (χ1n) is 12.0. The Bertz CT molecular complexity index is 1530. The zero-order valence-corrected chi connectivity index (χ0v) is 20.1. The molecule has 188 valence electrons. The van der Waals surface area contributed by atoms with Gasteiger partial charge in [-0.15, -0.1) is 5.92 Å². The first kappa shape index (κ1) is 24.6. The van der Waals surface area contributed by atoms with Crippen LogP contribution < -0.4 is 0 Å². The zero-order valence-electron chi connectivity index (χ0n) is 20.1. The van der Waals surface area contributed by atoms with Gasteiger partial charge in [-0.1, -0.05) is 54.5 Å². The van der Waals surface area contributed by atoms with Gasteiger partial charge in [0.15, 0.2) is 0 Å². The van der Waals surface area contributed by atoms with Crippen LogP contribution in [-0.4, -0.2) is 21.9 Å². The maximum atomic E-state index is 14.1. The van der Waals surface area contributed by atoms with E-state index >= 15 is 0 Å². The molecular weight excluding hydrogens is 480 g/mol. The highest BCUT2D eigenvalue weighted by Crippen LogP contribution is 2.44. The maximum Gasteiger partial charge on any atom is 0.417 e. The fourth-order valence-corrected chi connectivity index (χ4v) is 5.30. The lowest BCUT2D eigenvalue weighted by Crippen LogP contribution is -2.33. The largest absolute Gasteiger partial charge is 0.417 e. The molecule has 37 heavy (non-hydrogen) atoms. The normalized spacial score (nSPS) is 15.6. The van der Waals surface area contributed by atoms with Crippen LogP contribution in [0.15, 0.2) is 72.8 Å². The Labute approximate surface area is 212 Å².